The molecule has 0 aliphatic rings. The van der Waals surface area contributed by atoms with Crippen molar-refractivity contribution in [3.63, 3.8) is 0 Å². The number of hydrogen-bond donors (Lipinski definition) is 2. The van der Waals surface area contributed by atoms with Crippen molar-refractivity contribution < 1.29 is 0 Å². The van der Waals surface area contributed by atoms with E-state index < -0.39 is 0 Å². The number of nitrogens with zero attached hydrogens (tertiary/aromatic N) is 4. The van der Waals surface area contributed by atoms with Gasteiger partial charge in [-0.3, -0.25) is 10.2 Å². The van der Waals surface area contributed by atoms with E-state index in [1.807, 2.05) is 48.5 Å². The second kappa shape index (κ2) is 8.86. The van der Waals surface area contributed by atoms with Gasteiger partial charge in [-0.1, -0.05) is 77.9 Å². The van der Waals surface area contributed by atoms with Crippen LogP contribution in [0.25, 0.3) is 45.3 Å². The van der Waals surface area contributed by atoms with Crippen LogP contribution in [0.2, 0.25) is 0 Å². The lowest BCUT2D eigenvalue weighted by molar-refractivity contribution is 0.566. The van der Waals surface area contributed by atoms with E-state index in [1.165, 1.54) is 0 Å². The van der Waals surface area contributed by atoms with Gasteiger partial charge < -0.3 is 0 Å². The smallest absolute Gasteiger partial charge is 0.111 e. The molecule has 36 heavy (non-hydrogen) atoms. The molecule has 0 amide bonds. The standard InChI is InChI=1S/C30H32N6/c1-29(2,3)27-17-25(33-35-27)23-15-9-13-21(31-23)19-11-7-8-12-20(19)22-14-10-16-24(32-22)26-18-28(36-34-26)30(4,5)6/h7-18H,1-6H3,(H,33,35)(H,34,36). The predicted octanol–water partition coefficient (Wildman–Crippen LogP) is 7.19. The fraction of sp³-hybridized carbons (Fsp3) is 0.267. The highest BCUT2D eigenvalue weighted by Crippen LogP contribution is 2.33. The third kappa shape index (κ3) is 4.71. The van der Waals surface area contributed by atoms with E-state index in [9.17, 15) is 0 Å². The minimum absolute atomic E-state index is 0.00584. The minimum Gasteiger partial charge on any atom is -0.281 e. The zero-order valence-corrected chi connectivity index (χ0v) is 21.7. The molecule has 1 aromatic carbocycles. The number of benzene rings is 1. The minimum atomic E-state index is -0.00584. The van der Waals surface area contributed by atoms with Crippen LogP contribution < -0.4 is 0 Å². The van der Waals surface area contributed by atoms with Gasteiger partial charge in [0.1, 0.15) is 11.4 Å². The fourth-order valence-corrected chi connectivity index (χ4v) is 4.06. The number of pyridine rings is 2. The topological polar surface area (TPSA) is 83.1 Å². The molecular weight excluding hydrogens is 444 g/mol. The van der Waals surface area contributed by atoms with Crippen molar-refractivity contribution in [1.82, 2.24) is 30.4 Å². The fourth-order valence-electron chi connectivity index (χ4n) is 4.06. The van der Waals surface area contributed by atoms with Crippen LogP contribution in [0.15, 0.2) is 72.8 Å². The highest BCUT2D eigenvalue weighted by Gasteiger charge is 2.20. The molecule has 0 unspecified atom stereocenters. The molecule has 4 heterocycles. The Hall–Kier alpha value is -4.06. The summed E-state index contributed by atoms with van der Waals surface area (Å²) in [4.78, 5) is 9.96. The van der Waals surface area contributed by atoms with Crippen molar-refractivity contribution in [3.8, 4) is 45.3 Å². The molecule has 0 saturated heterocycles. The van der Waals surface area contributed by atoms with Crippen molar-refractivity contribution in [2.75, 3.05) is 0 Å². The molecule has 0 atom stereocenters. The third-order valence-corrected chi connectivity index (χ3v) is 6.27. The van der Waals surface area contributed by atoms with Gasteiger partial charge in [-0.05, 0) is 36.4 Å². The molecule has 0 bridgehead atoms. The van der Waals surface area contributed by atoms with Crippen LogP contribution >= 0.6 is 0 Å². The number of nitrogens with one attached hydrogen (secondary N) is 2. The van der Waals surface area contributed by atoms with Crippen LogP contribution in [0.4, 0.5) is 0 Å². The summed E-state index contributed by atoms with van der Waals surface area (Å²) in [5, 5.41) is 15.4. The lowest BCUT2D eigenvalue weighted by Crippen LogP contribution is -2.11. The zero-order valence-electron chi connectivity index (χ0n) is 21.7. The van der Waals surface area contributed by atoms with Crippen molar-refractivity contribution in [1.29, 1.82) is 0 Å². The van der Waals surface area contributed by atoms with E-state index >= 15 is 0 Å². The first-order valence-electron chi connectivity index (χ1n) is 12.3. The summed E-state index contributed by atoms with van der Waals surface area (Å²) >= 11 is 0. The molecule has 4 aromatic heterocycles. The van der Waals surface area contributed by atoms with Crippen molar-refractivity contribution in [2.24, 2.45) is 0 Å². The predicted molar refractivity (Wildman–Crippen MR) is 145 cm³/mol. The monoisotopic (exact) mass is 476 g/mol. The molecule has 6 nitrogen and oxygen atoms in total. The molecule has 0 saturated carbocycles. The average Bonchev–Trinajstić information content (AvgIpc) is 3.55. The molecule has 0 fully saturated rings. The number of aromatic nitrogens is 6. The van der Waals surface area contributed by atoms with E-state index in [1.54, 1.807) is 0 Å². The number of rotatable bonds is 4. The van der Waals surface area contributed by atoms with Gasteiger partial charge in [0.25, 0.3) is 0 Å². The first-order chi connectivity index (χ1) is 17.1. The first kappa shape index (κ1) is 23.7. The van der Waals surface area contributed by atoms with Gasteiger partial charge in [-0.15, -0.1) is 0 Å². The Morgan fingerprint density at radius 1 is 0.472 bits per heavy atom. The summed E-state index contributed by atoms with van der Waals surface area (Å²) in [5.74, 6) is 0. The number of hydrogen-bond acceptors (Lipinski definition) is 4. The SMILES string of the molecule is CC(C)(C)c1cc(-c2cccc(-c3ccccc3-c3cccc(-c4cc(C(C)(C)C)[nH]n4)n3)n2)n[nH]1. The summed E-state index contributed by atoms with van der Waals surface area (Å²) in [6.45, 7) is 13.0. The van der Waals surface area contributed by atoms with Crippen molar-refractivity contribution in [2.45, 2.75) is 52.4 Å². The van der Waals surface area contributed by atoms with Crippen LogP contribution in [-0.4, -0.2) is 30.4 Å². The van der Waals surface area contributed by atoms with Gasteiger partial charge in [-0.25, -0.2) is 9.97 Å². The van der Waals surface area contributed by atoms with E-state index in [0.29, 0.717) is 0 Å². The Morgan fingerprint density at radius 2 is 0.861 bits per heavy atom. The normalized spacial score (nSPS) is 12.2. The van der Waals surface area contributed by atoms with Crippen LogP contribution in [0.5, 0.6) is 0 Å². The summed E-state index contributed by atoms with van der Waals surface area (Å²) in [5.41, 5.74) is 9.31. The maximum absolute atomic E-state index is 4.98. The molecule has 0 spiro atoms. The van der Waals surface area contributed by atoms with Gasteiger partial charge in [-0.2, -0.15) is 10.2 Å². The Kier molecular flexibility index (Phi) is 5.83. The second-order valence-electron chi connectivity index (χ2n) is 11.2. The number of aromatic amines is 2. The molecule has 0 aliphatic heterocycles. The van der Waals surface area contributed by atoms with E-state index in [2.05, 4.69) is 86.2 Å². The summed E-state index contributed by atoms with van der Waals surface area (Å²) in [7, 11) is 0. The van der Waals surface area contributed by atoms with Gasteiger partial charge in [0, 0.05) is 33.3 Å². The largest absolute Gasteiger partial charge is 0.281 e. The maximum atomic E-state index is 4.98. The second-order valence-corrected chi connectivity index (χ2v) is 11.2. The van der Waals surface area contributed by atoms with Crippen molar-refractivity contribution in [3.05, 3.63) is 84.2 Å². The van der Waals surface area contributed by atoms with Gasteiger partial charge >= 0.3 is 0 Å². The van der Waals surface area contributed by atoms with Crippen LogP contribution in [0.3, 0.4) is 0 Å². The molecule has 5 aromatic rings. The van der Waals surface area contributed by atoms with Crippen LogP contribution in [0, 0.1) is 0 Å². The highest BCUT2D eigenvalue weighted by molar-refractivity contribution is 5.81. The first-order valence-corrected chi connectivity index (χ1v) is 12.3. The maximum Gasteiger partial charge on any atom is 0.111 e. The Labute approximate surface area is 212 Å². The molecule has 5 rings (SSSR count). The summed E-state index contributed by atoms with van der Waals surface area (Å²) in [6.07, 6.45) is 0. The van der Waals surface area contributed by atoms with E-state index in [0.717, 1.165) is 56.7 Å². The Balaban J connectivity index is 1.53. The van der Waals surface area contributed by atoms with E-state index in [-0.39, 0.29) is 10.8 Å². The van der Waals surface area contributed by atoms with Crippen molar-refractivity contribution >= 4 is 0 Å². The Morgan fingerprint density at radius 3 is 1.22 bits per heavy atom. The lowest BCUT2D eigenvalue weighted by atomic mass is 9.92. The van der Waals surface area contributed by atoms with E-state index in [4.69, 9.17) is 9.97 Å². The molecular formula is C30H32N6. The van der Waals surface area contributed by atoms with Crippen LogP contribution in [-0.2, 0) is 10.8 Å². The zero-order chi connectivity index (χ0) is 25.5. The summed E-state index contributed by atoms with van der Waals surface area (Å²) < 4.78 is 0. The lowest BCUT2D eigenvalue weighted by Gasteiger charge is -2.14. The third-order valence-electron chi connectivity index (χ3n) is 6.27. The van der Waals surface area contributed by atoms with Gasteiger partial charge in [0.2, 0.25) is 0 Å². The van der Waals surface area contributed by atoms with Crippen LogP contribution in [0.1, 0.15) is 52.9 Å². The highest BCUT2D eigenvalue weighted by atomic mass is 15.1. The molecule has 0 radical (unpaired) electrons. The quantitative estimate of drug-likeness (QED) is 0.288. The van der Waals surface area contributed by atoms with Gasteiger partial charge in [0.15, 0.2) is 0 Å². The molecule has 2 N–H and O–H groups in total. The molecule has 0 aliphatic carbocycles. The molecule has 6 heteroatoms. The molecule has 182 valence electrons. The van der Waals surface area contributed by atoms with Gasteiger partial charge in [0.05, 0.1) is 22.8 Å². The Bertz CT molecular complexity index is 1400. The number of H-pyrrole nitrogens is 2. The average molecular weight is 477 g/mol. The summed E-state index contributed by atoms with van der Waals surface area (Å²) in [6, 6.07) is 24.5.